The molecular formula is C20H23ClN6O3. The van der Waals surface area contributed by atoms with E-state index in [1.807, 2.05) is 31.2 Å². The SMILES string of the molecule is COc1ccc([C@H](C)[C@@H](NC(=O)Nc2ccc(Cl)cc2)c2nnn(CCO)n2)cc1. The standard InChI is InChI=1S/C20H23ClN6O3/c1-13(14-3-9-17(30-2)10-4-14)18(19-24-26-27(25-19)11-12-28)23-20(29)22-16-7-5-15(21)6-8-16/h3-10,13,18,28H,11-12H2,1-2H3,(H2,22,23,29)/t13-,18+/m0/s1. The average Bonchev–Trinajstić information content (AvgIpc) is 3.22. The average molecular weight is 431 g/mol. The minimum Gasteiger partial charge on any atom is -0.497 e. The normalized spacial score (nSPS) is 12.8. The first kappa shape index (κ1) is 21.5. The molecule has 0 aliphatic carbocycles. The van der Waals surface area contributed by atoms with Crippen LogP contribution in [0.5, 0.6) is 5.75 Å². The van der Waals surface area contributed by atoms with Crippen molar-refractivity contribution < 1.29 is 14.6 Å². The molecule has 0 aliphatic rings. The van der Waals surface area contributed by atoms with Gasteiger partial charge < -0.3 is 20.5 Å². The fraction of sp³-hybridized carbons (Fsp3) is 0.300. The maximum Gasteiger partial charge on any atom is 0.319 e. The Balaban J connectivity index is 1.81. The first-order valence-corrected chi connectivity index (χ1v) is 9.73. The van der Waals surface area contributed by atoms with Crippen LogP contribution in [0.2, 0.25) is 5.02 Å². The molecule has 2 atom stereocenters. The molecule has 3 N–H and O–H groups in total. The third-order valence-electron chi connectivity index (χ3n) is 4.58. The van der Waals surface area contributed by atoms with Gasteiger partial charge in [-0.15, -0.1) is 10.2 Å². The third kappa shape index (κ3) is 5.46. The number of hydrogen-bond donors (Lipinski definition) is 3. The number of aliphatic hydroxyl groups is 1. The molecule has 1 heterocycles. The second kappa shape index (κ2) is 10.0. The van der Waals surface area contributed by atoms with Gasteiger partial charge in [-0.25, -0.2) is 4.79 Å². The van der Waals surface area contributed by atoms with Crippen LogP contribution in [0, 0.1) is 0 Å². The molecular weight excluding hydrogens is 408 g/mol. The van der Waals surface area contributed by atoms with Crippen molar-refractivity contribution in [2.45, 2.75) is 25.4 Å². The molecule has 1 aromatic heterocycles. The van der Waals surface area contributed by atoms with Crippen LogP contribution in [0.1, 0.15) is 30.3 Å². The van der Waals surface area contributed by atoms with Crippen LogP contribution < -0.4 is 15.4 Å². The summed E-state index contributed by atoms with van der Waals surface area (Å²) in [4.78, 5) is 13.9. The van der Waals surface area contributed by atoms with Gasteiger partial charge in [-0.1, -0.05) is 30.7 Å². The Hall–Kier alpha value is -3.17. The lowest BCUT2D eigenvalue weighted by Crippen LogP contribution is -2.36. The molecule has 158 valence electrons. The van der Waals surface area contributed by atoms with Gasteiger partial charge in [0.1, 0.15) is 11.8 Å². The molecule has 0 saturated carbocycles. The molecule has 0 bridgehead atoms. The van der Waals surface area contributed by atoms with Gasteiger partial charge >= 0.3 is 6.03 Å². The van der Waals surface area contributed by atoms with E-state index in [1.54, 1.807) is 31.4 Å². The van der Waals surface area contributed by atoms with E-state index in [4.69, 9.17) is 21.4 Å². The summed E-state index contributed by atoms with van der Waals surface area (Å²) in [7, 11) is 1.60. The van der Waals surface area contributed by atoms with Crippen LogP contribution in [0.25, 0.3) is 0 Å². The lowest BCUT2D eigenvalue weighted by Gasteiger charge is -2.23. The molecule has 3 aromatic rings. The predicted octanol–water partition coefficient (Wildman–Crippen LogP) is 2.99. The van der Waals surface area contributed by atoms with Crippen molar-refractivity contribution >= 4 is 23.3 Å². The van der Waals surface area contributed by atoms with E-state index in [2.05, 4.69) is 26.0 Å². The molecule has 3 rings (SSSR count). The molecule has 0 unspecified atom stereocenters. The Morgan fingerprint density at radius 2 is 1.90 bits per heavy atom. The third-order valence-corrected chi connectivity index (χ3v) is 4.83. The van der Waals surface area contributed by atoms with Crippen LogP contribution in [0.3, 0.4) is 0 Å². The number of aromatic nitrogens is 4. The van der Waals surface area contributed by atoms with E-state index in [0.717, 1.165) is 11.3 Å². The predicted molar refractivity (Wildman–Crippen MR) is 113 cm³/mol. The number of nitrogens with zero attached hydrogens (tertiary/aromatic N) is 4. The smallest absolute Gasteiger partial charge is 0.319 e. The number of amides is 2. The van der Waals surface area contributed by atoms with Crippen LogP contribution in [-0.2, 0) is 6.54 Å². The number of halogens is 1. The Morgan fingerprint density at radius 1 is 1.20 bits per heavy atom. The van der Waals surface area contributed by atoms with Crippen molar-refractivity contribution in [1.82, 2.24) is 25.5 Å². The van der Waals surface area contributed by atoms with Crippen molar-refractivity contribution in [3.8, 4) is 5.75 Å². The van der Waals surface area contributed by atoms with Gasteiger partial charge in [-0.2, -0.15) is 4.80 Å². The number of nitrogens with one attached hydrogen (secondary N) is 2. The van der Waals surface area contributed by atoms with E-state index in [9.17, 15) is 4.79 Å². The summed E-state index contributed by atoms with van der Waals surface area (Å²) in [5.74, 6) is 0.916. The summed E-state index contributed by atoms with van der Waals surface area (Å²) >= 11 is 5.89. The lowest BCUT2D eigenvalue weighted by atomic mass is 9.92. The number of tetrazole rings is 1. The number of carbonyl (C=O) groups is 1. The maximum absolute atomic E-state index is 12.7. The highest BCUT2D eigenvalue weighted by molar-refractivity contribution is 6.30. The highest BCUT2D eigenvalue weighted by Crippen LogP contribution is 2.30. The summed E-state index contributed by atoms with van der Waals surface area (Å²) in [5, 5.41) is 27.7. The highest BCUT2D eigenvalue weighted by atomic mass is 35.5. The van der Waals surface area contributed by atoms with Crippen LogP contribution in [0.15, 0.2) is 48.5 Å². The van der Waals surface area contributed by atoms with Crippen LogP contribution >= 0.6 is 11.6 Å². The van der Waals surface area contributed by atoms with E-state index in [1.165, 1.54) is 4.80 Å². The van der Waals surface area contributed by atoms with Gasteiger partial charge in [-0.05, 0) is 47.2 Å². The fourth-order valence-electron chi connectivity index (χ4n) is 2.92. The highest BCUT2D eigenvalue weighted by Gasteiger charge is 2.27. The fourth-order valence-corrected chi connectivity index (χ4v) is 3.04. The molecule has 0 saturated heterocycles. The summed E-state index contributed by atoms with van der Waals surface area (Å²) in [6.07, 6.45) is 0. The molecule has 9 nitrogen and oxygen atoms in total. The molecule has 30 heavy (non-hydrogen) atoms. The molecule has 0 radical (unpaired) electrons. The number of urea groups is 1. The second-order valence-electron chi connectivity index (χ2n) is 6.61. The topological polar surface area (TPSA) is 114 Å². The van der Waals surface area contributed by atoms with Gasteiger partial charge in [0, 0.05) is 16.6 Å². The quantitative estimate of drug-likeness (QED) is 0.506. The summed E-state index contributed by atoms with van der Waals surface area (Å²) in [5.41, 5.74) is 1.57. The molecule has 10 heteroatoms. The van der Waals surface area contributed by atoms with Gasteiger partial charge in [0.15, 0.2) is 5.82 Å². The summed E-state index contributed by atoms with van der Waals surface area (Å²) in [6, 6.07) is 13.4. The minimum atomic E-state index is -0.557. The number of benzene rings is 2. The van der Waals surface area contributed by atoms with Crippen molar-refractivity contribution in [2.75, 3.05) is 19.0 Å². The number of hydrogen-bond acceptors (Lipinski definition) is 6. The Kier molecular flexibility index (Phi) is 7.21. The Labute approximate surface area is 179 Å². The van der Waals surface area contributed by atoms with Crippen molar-refractivity contribution in [3.05, 3.63) is 64.9 Å². The molecule has 2 aromatic carbocycles. The van der Waals surface area contributed by atoms with Crippen molar-refractivity contribution in [1.29, 1.82) is 0 Å². The molecule has 0 fully saturated rings. The number of ether oxygens (including phenoxy) is 1. The molecule has 0 aliphatic heterocycles. The van der Waals surface area contributed by atoms with Crippen molar-refractivity contribution in [2.24, 2.45) is 0 Å². The summed E-state index contributed by atoms with van der Waals surface area (Å²) < 4.78 is 5.21. The minimum absolute atomic E-state index is 0.112. The first-order chi connectivity index (χ1) is 14.5. The molecule has 0 spiro atoms. The Bertz CT molecular complexity index is 961. The number of carbonyl (C=O) groups excluding carboxylic acids is 1. The maximum atomic E-state index is 12.7. The number of aliphatic hydroxyl groups excluding tert-OH is 1. The summed E-state index contributed by atoms with van der Waals surface area (Å²) in [6.45, 7) is 2.06. The zero-order chi connectivity index (χ0) is 21.5. The Morgan fingerprint density at radius 3 is 2.53 bits per heavy atom. The van der Waals surface area contributed by atoms with E-state index in [-0.39, 0.29) is 19.1 Å². The first-order valence-electron chi connectivity index (χ1n) is 9.35. The van der Waals surface area contributed by atoms with Gasteiger partial charge in [0.2, 0.25) is 0 Å². The van der Waals surface area contributed by atoms with Crippen LogP contribution in [-0.4, -0.2) is 45.1 Å². The largest absolute Gasteiger partial charge is 0.497 e. The number of rotatable bonds is 8. The second-order valence-corrected chi connectivity index (χ2v) is 7.05. The van der Waals surface area contributed by atoms with E-state index < -0.39 is 12.1 Å². The zero-order valence-electron chi connectivity index (χ0n) is 16.6. The zero-order valence-corrected chi connectivity index (χ0v) is 17.4. The van der Waals surface area contributed by atoms with E-state index in [0.29, 0.717) is 16.5 Å². The van der Waals surface area contributed by atoms with Gasteiger partial charge in [0.05, 0.1) is 20.3 Å². The lowest BCUT2D eigenvalue weighted by molar-refractivity contribution is 0.245. The number of anilines is 1. The monoisotopic (exact) mass is 430 g/mol. The van der Waals surface area contributed by atoms with Crippen molar-refractivity contribution in [3.63, 3.8) is 0 Å². The van der Waals surface area contributed by atoms with Gasteiger partial charge in [-0.3, -0.25) is 0 Å². The van der Waals surface area contributed by atoms with Crippen LogP contribution in [0.4, 0.5) is 10.5 Å². The van der Waals surface area contributed by atoms with E-state index >= 15 is 0 Å². The van der Waals surface area contributed by atoms with Gasteiger partial charge in [0.25, 0.3) is 0 Å². The number of methoxy groups -OCH3 is 1. The molecule has 2 amide bonds.